The Morgan fingerprint density at radius 2 is 2.19 bits per heavy atom. The lowest BCUT2D eigenvalue weighted by Crippen LogP contribution is -2.34. The van der Waals surface area contributed by atoms with Crippen LogP contribution in [0.15, 0.2) is 12.4 Å². The highest BCUT2D eigenvalue weighted by Gasteiger charge is 2.20. The fourth-order valence-electron chi connectivity index (χ4n) is 1.67. The van der Waals surface area contributed by atoms with Gasteiger partial charge in [-0.05, 0) is 6.42 Å². The summed E-state index contributed by atoms with van der Waals surface area (Å²) in [4.78, 5) is 23.5. The zero-order chi connectivity index (χ0) is 11.5. The Labute approximate surface area is 99.0 Å². The number of carbonyl (C=O) groups is 1. The van der Waals surface area contributed by atoms with Crippen molar-refractivity contribution in [1.82, 2.24) is 14.9 Å². The lowest BCUT2D eigenvalue weighted by atomic mass is 10.4. The van der Waals surface area contributed by atoms with Crippen LogP contribution < -0.4 is 4.90 Å². The van der Waals surface area contributed by atoms with Crippen molar-refractivity contribution in [2.75, 3.05) is 31.6 Å². The van der Waals surface area contributed by atoms with E-state index < -0.39 is 0 Å². The van der Waals surface area contributed by atoms with Crippen LogP contribution in [0.1, 0.15) is 6.42 Å². The van der Waals surface area contributed by atoms with Crippen molar-refractivity contribution in [1.29, 1.82) is 0 Å². The first-order chi connectivity index (χ1) is 7.66. The Morgan fingerprint density at radius 1 is 1.38 bits per heavy atom. The second kappa shape index (κ2) is 4.65. The van der Waals surface area contributed by atoms with E-state index in [1.165, 1.54) is 6.20 Å². The number of rotatable bonds is 1. The van der Waals surface area contributed by atoms with Gasteiger partial charge in [-0.2, -0.15) is 0 Å². The van der Waals surface area contributed by atoms with Crippen molar-refractivity contribution < 1.29 is 4.79 Å². The van der Waals surface area contributed by atoms with Crippen molar-refractivity contribution in [3.05, 3.63) is 17.5 Å². The highest BCUT2D eigenvalue weighted by Crippen LogP contribution is 2.14. The topological polar surface area (TPSA) is 49.3 Å². The molecule has 2 heterocycles. The SMILES string of the molecule is CN1CCCN(c2cncc(Cl)n2)CC1=O. The number of likely N-dealkylation sites (N-methyl/N-ethyl adjacent to an activating group) is 1. The van der Waals surface area contributed by atoms with E-state index >= 15 is 0 Å². The Balaban J connectivity index is 2.18. The van der Waals surface area contributed by atoms with Crippen molar-refractivity contribution in [3.63, 3.8) is 0 Å². The molecule has 0 atom stereocenters. The van der Waals surface area contributed by atoms with E-state index in [2.05, 4.69) is 9.97 Å². The normalized spacial score (nSPS) is 17.5. The highest BCUT2D eigenvalue weighted by molar-refractivity contribution is 6.29. The summed E-state index contributed by atoms with van der Waals surface area (Å²) in [5.41, 5.74) is 0. The highest BCUT2D eigenvalue weighted by atomic mass is 35.5. The summed E-state index contributed by atoms with van der Waals surface area (Å²) < 4.78 is 0. The number of nitrogens with zero attached hydrogens (tertiary/aromatic N) is 4. The van der Waals surface area contributed by atoms with Gasteiger partial charge in [0, 0.05) is 20.1 Å². The molecule has 0 bridgehead atoms. The van der Waals surface area contributed by atoms with Crippen LogP contribution in [0.25, 0.3) is 0 Å². The summed E-state index contributed by atoms with van der Waals surface area (Å²) in [5.74, 6) is 0.760. The van der Waals surface area contributed by atoms with Crippen LogP contribution in [0.4, 0.5) is 5.82 Å². The number of carbonyl (C=O) groups excluding carboxylic acids is 1. The molecule has 1 aromatic heterocycles. The fraction of sp³-hybridized carbons (Fsp3) is 0.500. The van der Waals surface area contributed by atoms with Gasteiger partial charge in [-0.1, -0.05) is 11.6 Å². The van der Waals surface area contributed by atoms with Crippen LogP contribution in [0.5, 0.6) is 0 Å². The van der Waals surface area contributed by atoms with E-state index in [9.17, 15) is 4.79 Å². The molecule has 0 unspecified atom stereocenters. The van der Waals surface area contributed by atoms with Gasteiger partial charge in [0.25, 0.3) is 0 Å². The Morgan fingerprint density at radius 3 is 2.94 bits per heavy atom. The Bertz CT molecular complexity index is 398. The summed E-state index contributed by atoms with van der Waals surface area (Å²) in [6.45, 7) is 1.92. The van der Waals surface area contributed by atoms with Gasteiger partial charge in [-0.3, -0.25) is 9.78 Å². The molecule has 86 valence electrons. The van der Waals surface area contributed by atoms with E-state index in [1.807, 2.05) is 11.9 Å². The van der Waals surface area contributed by atoms with Crippen LogP contribution >= 0.6 is 11.6 Å². The molecule has 0 spiro atoms. The number of aromatic nitrogens is 2. The van der Waals surface area contributed by atoms with E-state index in [1.54, 1.807) is 11.1 Å². The molecule has 1 aromatic rings. The third-order valence-corrected chi connectivity index (χ3v) is 2.77. The molecule has 0 radical (unpaired) electrons. The fourth-order valence-corrected chi connectivity index (χ4v) is 1.81. The monoisotopic (exact) mass is 240 g/mol. The summed E-state index contributed by atoms with van der Waals surface area (Å²) >= 11 is 5.77. The molecule has 1 aliphatic rings. The van der Waals surface area contributed by atoms with Crippen LogP contribution in [0.3, 0.4) is 0 Å². The van der Waals surface area contributed by atoms with Gasteiger partial charge in [0.05, 0.1) is 18.9 Å². The largest absolute Gasteiger partial charge is 0.346 e. The minimum atomic E-state index is 0.0966. The van der Waals surface area contributed by atoms with E-state index in [0.717, 1.165) is 19.5 Å². The molecule has 1 amide bonds. The second-order valence-corrected chi connectivity index (χ2v) is 4.18. The van der Waals surface area contributed by atoms with Crippen molar-refractivity contribution in [3.8, 4) is 0 Å². The molecule has 1 aliphatic heterocycles. The number of hydrogen-bond donors (Lipinski definition) is 0. The molecular formula is C10H13ClN4O. The quantitative estimate of drug-likeness (QED) is 0.729. The average molecular weight is 241 g/mol. The molecule has 16 heavy (non-hydrogen) atoms. The minimum absolute atomic E-state index is 0.0966. The maximum absolute atomic E-state index is 11.7. The first-order valence-electron chi connectivity index (χ1n) is 5.13. The number of amides is 1. The third-order valence-electron chi connectivity index (χ3n) is 2.59. The van der Waals surface area contributed by atoms with Gasteiger partial charge in [0.1, 0.15) is 11.0 Å². The van der Waals surface area contributed by atoms with E-state index in [-0.39, 0.29) is 5.91 Å². The third kappa shape index (κ3) is 2.41. The average Bonchev–Trinajstić information content (AvgIpc) is 2.42. The van der Waals surface area contributed by atoms with Crippen molar-refractivity contribution in [2.24, 2.45) is 0 Å². The second-order valence-electron chi connectivity index (χ2n) is 3.79. The number of halogens is 1. The van der Waals surface area contributed by atoms with E-state index in [4.69, 9.17) is 11.6 Å². The van der Waals surface area contributed by atoms with Gasteiger partial charge >= 0.3 is 0 Å². The van der Waals surface area contributed by atoms with Crippen LogP contribution in [-0.2, 0) is 4.79 Å². The lowest BCUT2D eigenvalue weighted by molar-refractivity contribution is -0.127. The first-order valence-corrected chi connectivity index (χ1v) is 5.51. The first kappa shape index (κ1) is 11.1. The van der Waals surface area contributed by atoms with E-state index in [0.29, 0.717) is 17.5 Å². The predicted octanol–water partition coefficient (Wildman–Crippen LogP) is 0.798. The summed E-state index contributed by atoms with van der Waals surface area (Å²) in [6, 6.07) is 0. The van der Waals surface area contributed by atoms with Gasteiger partial charge in [-0.25, -0.2) is 4.98 Å². The zero-order valence-corrected chi connectivity index (χ0v) is 9.81. The summed E-state index contributed by atoms with van der Waals surface area (Å²) in [5, 5.41) is 0.350. The molecule has 1 fully saturated rings. The van der Waals surface area contributed by atoms with Crippen LogP contribution in [0.2, 0.25) is 5.15 Å². The van der Waals surface area contributed by atoms with Crippen molar-refractivity contribution in [2.45, 2.75) is 6.42 Å². The molecule has 6 heteroatoms. The van der Waals surface area contributed by atoms with Crippen LogP contribution in [0, 0.1) is 0 Å². The smallest absolute Gasteiger partial charge is 0.241 e. The maximum atomic E-state index is 11.7. The predicted molar refractivity (Wildman–Crippen MR) is 61.5 cm³/mol. The molecular weight excluding hydrogens is 228 g/mol. The molecule has 0 aliphatic carbocycles. The van der Waals surface area contributed by atoms with Gasteiger partial charge < -0.3 is 9.80 Å². The summed E-state index contributed by atoms with van der Waals surface area (Å²) in [7, 11) is 1.81. The number of anilines is 1. The van der Waals surface area contributed by atoms with Crippen molar-refractivity contribution >= 4 is 23.3 Å². The van der Waals surface area contributed by atoms with Gasteiger partial charge in [-0.15, -0.1) is 0 Å². The minimum Gasteiger partial charge on any atom is -0.346 e. The Kier molecular flexibility index (Phi) is 3.24. The molecule has 0 N–H and O–H groups in total. The molecule has 5 nitrogen and oxygen atoms in total. The van der Waals surface area contributed by atoms with Gasteiger partial charge in [0.15, 0.2) is 0 Å². The summed E-state index contributed by atoms with van der Waals surface area (Å²) in [6.07, 6.45) is 4.04. The zero-order valence-electron chi connectivity index (χ0n) is 9.06. The molecule has 2 rings (SSSR count). The number of hydrogen-bond acceptors (Lipinski definition) is 4. The molecule has 0 saturated carbocycles. The molecule has 0 aromatic carbocycles. The standard InChI is InChI=1S/C10H13ClN4O/c1-14-3-2-4-15(7-10(14)16)9-6-12-5-8(11)13-9/h5-6H,2-4,7H2,1H3. The lowest BCUT2D eigenvalue weighted by Gasteiger charge is -2.20. The Hall–Kier alpha value is -1.36. The maximum Gasteiger partial charge on any atom is 0.241 e. The molecule has 1 saturated heterocycles. The van der Waals surface area contributed by atoms with Gasteiger partial charge in [0.2, 0.25) is 5.91 Å². The van der Waals surface area contributed by atoms with Crippen LogP contribution in [-0.4, -0.2) is 47.5 Å².